The van der Waals surface area contributed by atoms with Gasteiger partial charge in [0.2, 0.25) is 5.88 Å². The zero-order valence-corrected chi connectivity index (χ0v) is 8.48. The zero-order valence-electron chi connectivity index (χ0n) is 8.48. The number of hydrogen-bond donors (Lipinski definition) is 0. The van der Waals surface area contributed by atoms with Crippen molar-refractivity contribution < 1.29 is 14.2 Å². The molecule has 0 atom stereocenters. The minimum Gasteiger partial charge on any atom is -0.504 e. The van der Waals surface area contributed by atoms with Crippen LogP contribution in [0.2, 0.25) is 0 Å². The van der Waals surface area contributed by atoms with Crippen molar-refractivity contribution >= 4 is 6.08 Å². The second-order valence-corrected chi connectivity index (χ2v) is 2.47. The number of rotatable bonds is 4. The molecule has 0 radical (unpaired) electrons. The molecule has 4 nitrogen and oxygen atoms in total. The van der Waals surface area contributed by atoms with E-state index < -0.39 is 0 Å². The van der Waals surface area contributed by atoms with Crippen molar-refractivity contribution in [3.63, 3.8) is 0 Å². The van der Waals surface area contributed by atoms with Crippen LogP contribution in [0.4, 0.5) is 0 Å². The summed E-state index contributed by atoms with van der Waals surface area (Å²) in [6.45, 7) is 0. The van der Waals surface area contributed by atoms with E-state index in [2.05, 4.69) is 4.98 Å². The lowest BCUT2D eigenvalue weighted by Gasteiger charge is -2.07. The van der Waals surface area contributed by atoms with Crippen LogP contribution in [-0.2, 0) is 4.74 Å². The molecule has 0 amide bonds. The number of nitrogens with zero attached hydrogens (tertiary/aromatic N) is 1. The molecule has 0 aliphatic rings. The first kappa shape index (κ1) is 10.4. The summed E-state index contributed by atoms with van der Waals surface area (Å²) < 4.78 is 15.1. The van der Waals surface area contributed by atoms with Crippen LogP contribution in [0.1, 0.15) is 5.56 Å². The second kappa shape index (κ2) is 5.11. The molecule has 0 aliphatic heterocycles. The minimum atomic E-state index is 0.512. The van der Waals surface area contributed by atoms with Gasteiger partial charge in [0.05, 0.1) is 33.2 Å². The van der Waals surface area contributed by atoms with E-state index in [-0.39, 0.29) is 0 Å². The molecule has 0 aliphatic carbocycles. The van der Waals surface area contributed by atoms with Gasteiger partial charge in [-0.15, -0.1) is 0 Å². The number of aromatic nitrogens is 1. The number of ether oxygens (including phenoxy) is 3. The fourth-order valence-electron chi connectivity index (χ4n) is 1.07. The van der Waals surface area contributed by atoms with Crippen molar-refractivity contribution in [1.82, 2.24) is 4.98 Å². The molecule has 1 rings (SSSR count). The highest BCUT2D eigenvalue weighted by atomic mass is 16.5. The lowest BCUT2D eigenvalue weighted by Crippen LogP contribution is -1.94. The van der Waals surface area contributed by atoms with Crippen molar-refractivity contribution in [2.75, 3.05) is 21.3 Å². The molecule has 1 heterocycles. The highest BCUT2D eigenvalue weighted by Crippen LogP contribution is 2.26. The van der Waals surface area contributed by atoms with E-state index in [0.29, 0.717) is 11.6 Å². The van der Waals surface area contributed by atoms with E-state index in [0.717, 1.165) is 5.56 Å². The summed E-state index contributed by atoms with van der Waals surface area (Å²) in [5, 5.41) is 0. The maximum absolute atomic E-state index is 5.16. The van der Waals surface area contributed by atoms with E-state index in [4.69, 9.17) is 14.2 Å². The van der Waals surface area contributed by atoms with Crippen molar-refractivity contribution in [3.8, 4) is 11.6 Å². The molecule has 1 aromatic heterocycles. The van der Waals surface area contributed by atoms with E-state index in [1.807, 2.05) is 0 Å². The topological polar surface area (TPSA) is 40.6 Å². The van der Waals surface area contributed by atoms with E-state index in [9.17, 15) is 0 Å². The first-order chi connectivity index (χ1) is 6.83. The highest BCUT2D eigenvalue weighted by Gasteiger charge is 2.07. The van der Waals surface area contributed by atoms with Gasteiger partial charge in [-0.05, 0) is 12.1 Å². The molecular formula is C10H13NO3. The van der Waals surface area contributed by atoms with Crippen molar-refractivity contribution in [3.05, 3.63) is 24.1 Å². The second-order valence-electron chi connectivity index (χ2n) is 2.47. The molecule has 0 unspecified atom stereocenters. The Labute approximate surface area is 83.1 Å². The number of methoxy groups -OCH3 is 3. The normalized spacial score (nSPS) is 10.2. The summed E-state index contributed by atoms with van der Waals surface area (Å²) in [5.74, 6) is 1.21. The summed E-state index contributed by atoms with van der Waals surface area (Å²) in [6, 6.07) is 1.76. The predicted octanol–water partition coefficient (Wildman–Crippen LogP) is 1.72. The van der Waals surface area contributed by atoms with Gasteiger partial charge >= 0.3 is 0 Å². The first-order valence-electron chi connectivity index (χ1n) is 4.09. The third-order valence-corrected chi connectivity index (χ3v) is 1.70. The Balaban J connectivity index is 3.12. The molecule has 0 aromatic carbocycles. The SMILES string of the molecule is CO/C=C/c1c(OC)ccnc1OC. The number of pyridine rings is 1. The molecule has 1 aromatic rings. The van der Waals surface area contributed by atoms with E-state index >= 15 is 0 Å². The zero-order chi connectivity index (χ0) is 10.4. The third kappa shape index (κ3) is 2.16. The Morgan fingerprint density at radius 1 is 1.21 bits per heavy atom. The summed E-state index contributed by atoms with van der Waals surface area (Å²) >= 11 is 0. The molecule has 76 valence electrons. The fourth-order valence-corrected chi connectivity index (χ4v) is 1.07. The fraction of sp³-hybridized carbons (Fsp3) is 0.300. The predicted molar refractivity (Wildman–Crippen MR) is 53.4 cm³/mol. The molecule has 0 fully saturated rings. The monoisotopic (exact) mass is 195 g/mol. The van der Waals surface area contributed by atoms with Gasteiger partial charge in [-0.1, -0.05) is 0 Å². The molecule has 14 heavy (non-hydrogen) atoms. The summed E-state index contributed by atoms with van der Waals surface area (Å²) in [4.78, 5) is 4.05. The van der Waals surface area contributed by atoms with Crippen molar-refractivity contribution in [1.29, 1.82) is 0 Å². The van der Waals surface area contributed by atoms with Gasteiger partial charge in [-0.2, -0.15) is 0 Å². The van der Waals surface area contributed by atoms with Crippen LogP contribution in [0.25, 0.3) is 6.08 Å². The molecule has 0 N–H and O–H groups in total. The van der Waals surface area contributed by atoms with Gasteiger partial charge < -0.3 is 14.2 Å². The Morgan fingerprint density at radius 2 is 2.00 bits per heavy atom. The van der Waals surface area contributed by atoms with Crippen LogP contribution in [0.15, 0.2) is 18.5 Å². The van der Waals surface area contributed by atoms with Gasteiger partial charge in [0.25, 0.3) is 0 Å². The van der Waals surface area contributed by atoms with Gasteiger partial charge in [0, 0.05) is 6.20 Å². The van der Waals surface area contributed by atoms with E-state index in [1.54, 1.807) is 45.9 Å². The van der Waals surface area contributed by atoms with Crippen molar-refractivity contribution in [2.24, 2.45) is 0 Å². The Hall–Kier alpha value is -1.71. The smallest absolute Gasteiger partial charge is 0.224 e. The average molecular weight is 195 g/mol. The van der Waals surface area contributed by atoms with Gasteiger partial charge in [-0.25, -0.2) is 4.98 Å². The summed E-state index contributed by atoms with van der Waals surface area (Å²) in [6.07, 6.45) is 4.91. The van der Waals surface area contributed by atoms with Crippen LogP contribution in [0, 0.1) is 0 Å². The van der Waals surface area contributed by atoms with Gasteiger partial charge in [0.15, 0.2) is 0 Å². The third-order valence-electron chi connectivity index (χ3n) is 1.70. The molecule has 0 bridgehead atoms. The molecular weight excluding hydrogens is 182 g/mol. The van der Waals surface area contributed by atoms with Gasteiger partial charge in [-0.3, -0.25) is 0 Å². The Kier molecular flexibility index (Phi) is 3.79. The van der Waals surface area contributed by atoms with Crippen LogP contribution in [-0.4, -0.2) is 26.3 Å². The highest BCUT2D eigenvalue weighted by molar-refractivity contribution is 5.61. The molecule has 0 saturated heterocycles. The maximum atomic E-state index is 5.16. The lowest BCUT2D eigenvalue weighted by atomic mass is 10.2. The molecule has 0 saturated carbocycles. The standard InChI is InChI=1S/C10H13NO3/c1-12-7-5-8-9(13-2)4-6-11-10(8)14-3/h4-7H,1-3H3/b7-5+. The molecule has 4 heteroatoms. The van der Waals surface area contributed by atoms with Gasteiger partial charge in [0.1, 0.15) is 5.75 Å². The van der Waals surface area contributed by atoms with Crippen LogP contribution in [0.3, 0.4) is 0 Å². The van der Waals surface area contributed by atoms with E-state index in [1.165, 1.54) is 0 Å². The lowest BCUT2D eigenvalue weighted by molar-refractivity contribution is 0.340. The largest absolute Gasteiger partial charge is 0.504 e. The quantitative estimate of drug-likeness (QED) is 0.686. The first-order valence-corrected chi connectivity index (χ1v) is 4.09. The summed E-state index contributed by atoms with van der Waals surface area (Å²) in [7, 11) is 4.73. The Bertz CT molecular complexity index is 301. The van der Waals surface area contributed by atoms with Crippen molar-refractivity contribution in [2.45, 2.75) is 0 Å². The molecule has 0 spiro atoms. The maximum Gasteiger partial charge on any atom is 0.224 e. The Morgan fingerprint density at radius 3 is 2.57 bits per heavy atom. The van der Waals surface area contributed by atoms with Crippen LogP contribution >= 0.6 is 0 Å². The minimum absolute atomic E-state index is 0.512. The van der Waals surface area contributed by atoms with Crippen LogP contribution in [0.5, 0.6) is 11.6 Å². The van der Waals surface area contributed by atoms with Crippen LogP contribution < -0.4 is 9.47 Å². The summed E-state index contributed by atoms with van der Waals surface area (Å²) in [5.41, 5.74) is 0.763. The number of hydrogen-bond acceptors (Lipinski definition) is 4. The average Bonchev–Trinajstić information content (AvgIpc) is 2.25.